The van der Waals surface area contributed by atoms with Crippen LogP contribution in [0.4, 0.5) is 14.9 Å². The molecule has 2 amide bonds. The lowest BCUT2D eigenvalue weighted by molar-refractivity contribution is 0.0167. The first-order valence-corrected chi connectivity index (χ1v) is 8.80. The number of carbonyl (C=O) groups excluding carboxylic acids is 1. The smallest absolute Gasteiger partial charge is 0.319 e. The topological polar surface area (TPSA) is 53.6 Å². The number of nitrogens with one attached hydrogen (secondary N) is 2. The second kappa shape index (κ2) is 8.78. The van der Waals surface area contributed by atoms with Crippen LogP contribution in [0.5, 0.6) is 0 Å². The number of nitrogens with zero attached hydrogens (tertiary/aromatic N) is 1. The summed E-state index contributed by atoms with van der Waals surface area (Å²) in [6, 6.07) is 13.8. The van der Waals surface area contributed by atoms with Crippen molar-refractivity contribution in [1.82, 2.24) is 10.2 Å². The fraction of sp³-hybridized carbons (Fsp3) is 0.350. The van der Waals surface area contributed by atoms with Crippen LogP contribution >= 0.6 is 0 Å². The van der Waals surface area contributed by atoms with E-state index in [1.165, 1.54) is 12.1 Å². The normalized spacial score (nSPS) is 16.1. The van der Waals surface area contributed by atoms with Crippen LogP contribution in [0.1, 0.15) is 17.2 Å². The Bertz CT molecular complexity index is 730. The minimum absolute atomic E-state index is 0.0252. The van der Waals surface area contributed by atoms with E-state index < -0.39 is 0 Å². The molecule has 0 saturated carbocycles. The minimum Gasteiger partial charge on any atom is -0.379 e. The van der Waals surface area contributed by atoms with Crippen LogP contribution in [0.15, 0.2) is 48.5 Å². The molecule has 2 aromatic carbocycles. The fourth-order valence-corrected chi connectivity index (χ4v) is 3.12. The SMILES string of the molecule is Cc1cccc(NC(=O)NC[C@@H](c2ccc(F)cc2)N2CCOCC2)c1. The number of amides is 2. The highest BCUT2D eigenvalue weighted by Crippen LogP contribution is 2.21. The van der Waals surface area contributed by atoms with Crippen LogP contribution in [-0.4, -0.2) is 43.8 Å². The number of urea groups is 1. The zero-order valence-electron chi connectivity index (χ0n) is 14.9. The van der Waals surface area contributed by atoms with Gasteiger partial charge in [-0.25, -0.2) is 9.18 Å². The lowest BCUT2D eigenvalue weighted by Gasteiger charge is -2.35. The zero-order chi connectivity index (χ0) is 18.4. The molecule has 138 valence electrons. The van der Waals surface area contributed by atoms with Gasteiger partial charge in [-0.3, -0.25) is 4.90 Å². The van der Waals surface area contributed by atoms with Crippen molar-refractivity contribution < 1.29 is 13.9 Å². The molecule has 0 unspecified atom stereocenters. The van der Waals surface area contributed by atoms with Crippen LogP contribution in [0.25, 0.3) is 0 Å². The predicted octanol–water partition coefficient (Wildman–Crippen LogP) is 3.33. The van der Waals surface area contributed by atoms with E-state index in [0.717, 1.165) is 29.9 Å². The quantitative estimate of drug-likeness (QED) is 0.863. The number of aryl methyl sites for hydroxylation is 1. The number of ether oxygens (including phenoxy) is 1. The van der Waals surface area contributed by atoms with Gasteiger partial charge in [0, 0.05) is 25.3 Å². The van der Waals surface area contributed by atoms with Gasteiger partial charge in [0.05, 0.1) is 19.3 Å². The Kier molecular flexibility index (Phi) is 6.20. The van der Waals surface area contributed by atoms with Gasteiger partial charge in [-0.1, -0.05) is 24.3 Å². The van der Waals surface area contributed by atoms with Crippen molar-refractivity contribution in [2.45, 2.75) is 13.0 Å². The van der Waals surface area contributed by atoms with Gasteiger partial charge in [0.25, 0.3) is 0 Å². The van der Waals surface area contributed by atoms with Crippen LogP contribution in [-0.2, 0) is 4.74 Å². The summed E-state index contributed by atoms with van der Waals surface area (Å²) < 4.78 is 18.7. The van der Waals surface area contributed by atoms with E-state index in [-0.39, 0.29) is 17.9 Å². The lowest BCUT2D eigenvalue weighted by Crippen LogP contribution is -2.44. The molecule has 6 heteroatoms. The Morgan fingerprint density at radius 2 is 1.92 bits per heavy atom. The molecule has 1 aliphatic heterocycles. The van der Waals surface area contributed by atoms with Gasteiger partial charge in [-0.05, 0) is 42.3 Å². The molecule has 0 aromatic heterocycles. The van der Waals surface area contributed by atoms with Crippen LogP contribution in [0, 0.1) is 12.7 Å². The maximum absolute atomic E-state index is 13.3. The molecule has 0 spiro atoms. The average Bonchev–Trinajstić information content (AvgIpc) is 2.64. The van der Waals surface area contributed by atoms with Crippen molar-refractivity contribution in [3.05, 3.63) is 65.5 Å². The lowest BCUT2D eigenvalue weighted by atomic mass is 10.0. The highest BCUT2D eigenvalue weighted by Gasteiger charge is 2.23. The number of hydrogen-bond donors (Lipinski definition) is 2. The Morgan fingerprint density at radius 1 is 1.19 bits per heavy atom. The summed E-state index contributed by atoms with van der Waals surface area (Å²) in [6.07, 6.45) is 0. The molecule has 1 fully saturated rings. The van der Waals surface area contributed by atoms with Gasteiger partial charge in [-0.2, -0.15) is 0 Å². The molecular weight excluding hydrogens is 333 g/mol. The first kappa shape index (κ1) is 18.4. The zero-order valence-corrected chi connectivity index (χ0v) is 14.9. The second-order valence-electron chi connectivity index (χ2n) is 6.42. The predicted molar refractivity (Wildman–Crippen MR) is 99.7 cm³/mol. The van der Waals surface area contributed by atoms with Gasteiger partial charge in [0.15, 0.2) is 0 Å². The molecule has 1 saturated heterocycles. The Labute approximate surface area is 153 Å². The van der Waals surface area contributed by atoms with Crippen LogP contribution < -0.4 is 10.6 Å². The molecule has 1 aliphatic rings. The average molecular weight is 357 g/mol. The third-order valence-electron chi connectivity index (χ3n) is 4.47. The maximum atomic E-state index is 13.3. The number of hydrogen-bond acceptors (Lipinski definition) is 3. The fourth-order valence-electron chi connectivity index (χ4n) is 3.12. The van der Waals surface area contributed by atoms with Crippen molar-refractivity contribution in [2.75, 3.05) is 38.2 Å². The summed E-state index contributed by atoms with van der Waals surface area (Å²) in [5.74, 6) is -0.264. The third kappa shape index (κ3) is 5.03. The maximum Gasteiger partial charge on any atom is 0.319 e. The number of halogens is 1. The summed E-state index contributed by atoms with van der Waals surface area (Å²) in [6.45, 7) is 5.29. The third-order valence-corrected chi connectivity index (χ3v) is 4.47. The molecule has 0 radical (unpaired) electrons. The van der Waals surface area contributed by atoms with E-state index in [1.54, 1.807) is 12.1 Å². The second-order valence-corrected chi connectivity index (χ2v) is 6.42. The van der Waals surface area contributed by atoms with Crippen LogP contribution in [0.3, 0.4) is 0 Å². The standard InChI is InChI=1S/C20H24FN3O2/c1-15-3-2-4-18(13-15)23-20(25)22-14-19(24-9-11-26-12-10-24)16-5-7-17(21)8-6-16/h2-8,13,19H,9-12,14H2,1H3,(H2,22,23,25)/t19-/m0/s1. The molecule has 2 aromatic rings. The molecule has 3 rings (SSSR count). The van der Waals surface area contributed by atoms with Gasteiger partial charge < -0.3 is 15.4 Å². The number of benzene rings is 2. The molecule has 0 bridgehead atoms. The highest BCUT2D eigenvalue weighted by molar-refractivity contribution is 5.89. The summed E-state index contributed by atoms with van der Waals surface area (Å²) in [5, 5.41) is 5.78. The Morgan fingerprint density at radius 3 is 2.62 bits per heavy atom. The highest BCUT2D eigenvalue weighted by atomic mass is 19.1. The van der Waals surface area contributed by atoms with Crippen molar-refractivity contribution in [1.29, 1.82) is 0 Å². The van der Waals surface area contributed by atoms with E-state index >= 15 is 0 Å². The monoisotopic (exact) mass is 357 g/mol. The molecule has 1 atom stereocenters. The number of carbonyl (C=O) groups is 1. The van der Waals surface area contributed by atoms with Crippen molar-refractivity contribution >= 4 is 11.7 Å². The summed E-state index contributed by atoms with van der Waals surface area (Å²) in [7, 11) is 0. The van der Waals surface area contributed by atoms with Crippen molar-refractivity contribution in [3.63, 3.8) is 0 Å². The van der Waals surface area contributed by atoms with E-state index in [4.69, 9.17) is 4.74 Å². The molecule has 1 heterocycles. The summed E-state index contributed by atoms with van der Waals surface area (Å²) in [4.78, 5) is 14.5. The largest absolute Gasteiger partial charge is 0.379 e. The number of rotatable bonds is 5. The molecular formula is C20H24FN3O2. The number of anilines is 1. The molecule has 5 nitrogen and oxygen atoms in total. The van der Waals surface area contributed by atoms with Gasteiger partial charge in [0.1, 0.15) is 5.82 Å². The summed E-state index contributed by atoms with van der Waals surface area (Å²) in [5.41, 5.74) is 2.82. The van der Waals surface area contributed by atoms with Gasteiger partial charge in [-0.15, -0.1) is 0 Å². The molecule has 0 aliphatic carbocycles. The van der Waals surface area contributed by atoms with Gasteiger partial charge in [0.2, 0.25) is 0 Å². The van der Waals surface area contributed by atoms with E-state index in [0.29, 0.717) is 19.8 Å². The van der Waals surface area contributed by atoms with Crippen LogP contribution in [0.2, 0.25) is 0 Å². The van der Waals surface area contributed by atoms with E-state index in [2.05, 4.69) is 15.5 Å². The Balaban J connectivity index is 1.65. The van der Waals surface area contributed by atoms with E-state index in [1.807, 2.05) is 31.2 Å². The van der Waals surface area contributed by atoms with Crippen molar-refractivity contribution in [3.8, 4) is 0 Å². The first-order valence-electron chi connectivity index (χ1n) is 8.80. The first-order chi connectivity index (χ1) is 12.6. The molecule has 2 N–H and O–H groups in total. The summed E-state index contributed by atoms with van der Waals surface area (Å²) >= 11 is 0. The minimum atomic E-state index is -0.264. The Hall–Kier alpha value is -2.44. The number of morpholine rings is 1. The van der Waals surface area contributed by atoms with Crippen molar-refractivity contribution in [2.24, 2.45) is 0 Å². The van der Waals surface area contributed by atoms with E-state index in [9.17, 15) is 9.18 Å². The van der Waals surface area contributed by atoms with Gasteiger partial charge >= 0.3 is 6.03 Å². The molecule has 26 heavy (non-hydrogen) atoms.